The average molecular weight is 438 g/mol. The molecule has 0 N–H and O–H groups in total. The van der Waals surface area contributed by atoms with Crippen LogP contribution < -0.4 is 0 Å². The number of nitro groups is 1. The molecule has 0 unspecified atom stereocenters. The molecule has 3 rings (SSSR count). The fourth-order valence-electron chi connectivity index (χ4n) is 3.29. The highest BCUT2D eigenvalue weighted by atomic mass is 35.5. The van der Waals surface area contributed by atoms with E-state index in [1.54, 1.807) is 23.1 Å². The van der Waals surface area contributed by atoms with E-state index in [4.69, 9.17) is 11.6 Å². The third-order valence-corrected chi connectivity index (χ3v) is 5.08. The smallest absolute Gasteiger partial charge is 0.269 e. The third kappa shape index (κ3) is 6.30. The fourth-order valence-corrected chi connectivity index (χ4v) is 3.50. The van der Waals surface area contributed by atoms with Crippen molar-refractivity contribution in [2.24, 2.45) is 0 Å². The number of nitrogens with zero attached hydrogens (tertiary/aromatic N) is 3. The number of hydrogen-bond donors (Lipinski definition) is 0. The van der Waals surface area contributed by atoms with E-state index in [0.717, 1.165) is 23.2 Å². The van der Waals surface area contributed by atoms with Gasteiger partial charge >= 0.3 is 0 Å². The Balaban J connectivity index is 1.70. The van der Waals surface area contributed by atoms with E-state index in [2.05, 4.69) is 4.57 Å². The van der Waals surface area contributed by atoms with Gasteiger partial charge in [-0.15, -0.1) is 0 Å². The Bertz CT molecular complexity index is 1070. The van der Waals surface area contributed by atoms with Crippen LogP contribution in [0, 0.1) is 10.1 Å². The van der Waals surface area contributed by atoms with Gasteiger partial charge in [0.1, 0.15) is 0 Å². The molecule has 1 amide bonds. The molecule has 0 fully saturated rings. The number of amides is 1. The first kappa shape index (κ1) is 22.3. The quantitative estimate of drug-likeness (QED) is 0.250. The lowest BCUT2D eigenvalue weighted by Crippen LogP contribution is -2.30. The molecule has 1 heterocycles. The number of halogens is 1. The minimum Gasteiger partial charge on any atom is -0.345 e. The molecule has 0 spiro atoms. The predicted molar refractivity (Wildman–Crippen MR) is 123 cm³/mol. The van der Waals surface area contributed by atoms with Crippen molar-refractivity contribution in [3.8, 4) is 0 Å². The zero-order valence-corrected chi connectivity index (χ0v) is 18.0. The number of non-ortho nitro benzene ring substituents is 1. The molecule has 0 saturated heterocycles. The van der Waals surface area contributed by atoms with E-state index in [-0.39, 0.29) is 11.6 Å². The van der Waals surface area contributed by atoms with Crippen molar-refractivity contribution in [3.63, 3.8) is 0 Å². The summed E-state index contributed by atoms with van der Waals surface area (Å²) in [6, 6.07) is 17.8. The summed E-state index contributed by atoms with van der Waals surface area (Å²) < 4.78 is 2.11. The number of nitro benzene ring substituents is 1. The molecule has 0 atom stereocenters. The Kier molecular flexibility index (Phi) is 7.62. The van der Waals surface area contributed by atoms with Gasteiger partial charge in [-0.3, -0.25) is 14.9 Å². The Labute approximate surface area is 186 Å². The molecule has 7 heteroatoms. The predicted octanol–water partition coefficient (Wildman–Crippen LogP) is 5.55. The first-order valence-corrected chi connectivity index (χ1v) is 10.4. The molecule has 160 valence electrons. The topological polar surface area (TPSA) is 68.4 Å². The van der Waals surface area contributed by atoms with Gasteiger partial charge in [0.2, 0.25) is 5.91 Å². The molecule has 0 aliphatic carbocycles. The molecule has 2 aromatic carbocycles. The van der Waals surface area contributed by atoms with E-state index < -0.39 is 4.92 Å². The van der Waals surface area contributed by atoms with Gasteiger partial charge in [-0.05, 0) is 60.0 Å². The van der Waals surface area contributed by atoms with Gasteiger partial charge in [0.15, 0.2) is 0 Å². The van der Waals surface area contributed by atoms with Gasteiger partial charge in [-0.2, -0.15) is 0 Å². The van der Waals surface area contributed by atoms with Crippen LogP contribution in [0.15, 0.2) is 72.9 Å². The Hall–Kier alpha value is -3.38. The molecule has 31 heavy (non-hydrogen) atoms. The average Bonchev–Trinajstić information content (AvgIpc) is 3.18. The van der Waals surface area contributed by atoms with Crippen LogP contribution in [0.2, 0.25) is 5.02 Å². The number of carbonyl (C=O) groups is 1. The largest absolute Gasteiger partial charge is 0.345 e. The molecular weight excluding hydrogens is 414 g/mol. The fraction of sp³-hybridized carbons (Fsp3) is 0.208. The van der Waals surface area contributed by atoms with Crippen molar-refractivity contribution in [2.45, 2.75) is 26.4 Å². The minimum absolute atomic E-state index is 0.0246. The van der Waals surface area contributed by atoms with Gasteiger partial charge in [0, 0.05) is 48.2 Å². The van der Waals surface area contributed by atoms with Gasteiger partial charge in [-0.25, -0.2) is 0 Å². The maximum absolute atomic E-state index is 12.8. The minimum atomic E-state index is -0.444. The summed E-state index contributed by atoms with van der Waals surface area (Å²) in [7, 11) is 0. The van der Waals surface area contributed by atoms with Crippen LogP contribution in [0.4, 0.5) is 5.69 Å². The van der Waals surface area contributed by atoms with Gasteiger partial charge in [-0.1, -0.05) is 30.7 Å². The summed E-state index contributed by atoms with van der Waals surface area (Å²) in [6.07, 6.45) is 6.03. The van der Waals surface area contributed by atoms with Crippen molar-refractivity contribution in [1.29, 1.82) is 0 Å². The highest BCUT2D eigenvalue weighted by Gasteiger charge is 2.13. The zero-order valence-electron chi connectivity index (χ0n) is 17.3. The summed E-state index contributed by atoms with van der Waals surface area (Å²) >= 11 is 6.10. The Morgan fingerprint density at radius 2 is 1.94 bits per heavy atom. The number of rotatable bonds is 9. The number of benzene rings is 2. The van der Waals surface area contributed by atoms with Crippen molar-refractivity contribution in [1.82, 2.24) is 9.47 Å². The van der Waals surface area contributed by atoms with Crippen molar-refractivity contribution >= 4 is 29.3 Å². The summed E-state index contributed by atoms with van der Waals surface area (Å²) in [4.78, 5) is 24.9. The van der Waals surface area contributed by atoms with Crippen LogP contribution in [-0.2, 0) is 17.9 Å². The highest BCUT2D eigenvalue weighted by molar-refractivity contribution is 6.30. The number of aromatic nitrogens is 1. The third-order valence-electron chi connectivity index (χ3n) is 4.85. The molecule has 6 nitrogen and oxygen atoms in total. The van der Waals surface area contributed by atoms with Gasteiger partial charge in [0.05, 0.1) is 11.5 Å². The van der Waals surface area contributed by atoms with Crippen LogP contribution in [0.25, 0.3) is 6.08 Å². The Morgan fingerprint density at radius 1 is 1.16 bits per heavy atom. The van der Waals surface area contributed by atoms with Gasteiger partial charge < -0.3 is 9.47 Å². The SMILES string of the molecule is CCCN(Cc1cccn1Cc1cccc(Cl)c1)C(=O)/C=C/c1ccc([N+](=O)[O-])cc1. The second-order valence-corrected chi connectivity index (χ2v) is 7.64. The molecular formula is C24H24ClN3O3. The summed E-state index contributed by atoms with van der Waals surface area (Å²) in [6.45, 7) is 3.83. The maximum Gasteiger partial charge on any atom is 0.269 e. The van der Waals surface area contributed by atoms with E-state index in [1.807, 2.05) is 49.5 Å². The second kappa shape index (κ2) is 10.6. The number of hydrogen-bond acceptors (Lipinski definition) is 3. The summed E-state index contributed by atoms with van der Waals surface area (Å²) in [5.74, 6) is -0.101. The van der Waals surface area contributed by atoms with Crippen LogP contribution in [0.5, 0.6) is 0 Å². The van der Waals surface area contributed by atoms with E-state index in [0.29, 0.717) is 24.7 Å². The highest BCUT2D eigenvalue weighted by Crippen LogP contribution is 2.16. The second-order valence-electron chi connectivity index (χ2n) is 7.20. The van der Waals surface area contributed by atoms with Crippen molar-refractivity contribution < 1.29 is 9.72 Å². The maximum atomic E-state index is 12.8. The summed E-state index contributed by atoms with van der Waals surface area (Å²) in [5, 5.41) is 11.5. The van der Waals surface area contributed by atoms with Crippen LogP contribution in [-0.4, -0.2) is 26.8 Å². The van der Waals surface area contributed by atoms with Gasteiger partial charge in [0.25, 0.3) is 5.69 Å². The zero-order chi connectivity index (χ0) is 22.2. The lowest BCUT2D eigenvalue weighted by molar-refractivity contribution is -0.384. The first-order valence-electron chi connectivity index (χ1n) is 10.1. The monoisotopic (exact) mass is 437 g/mol. The Morgan fingerprint density at radius 3 is 2.61 bits per heavy atom. The van der Waals surface area contributed by atoms with E-state index >= 15 is 0 Å². The molecule has 0 aliphatic rings. The standard InChI is InChI=1S/C24H24ClN3O3/c1-2-14-27(24(29)13-10-19-8-11-22(12-9-19)28(30)31)18-23-7-4-15-26(23)17-20-5-3-6-21(25)16-20/h3-13,15-16H,2,14,17-18H2,1H3/b13-10+. The molecule has 0 saturated carbocycles. The number of carbonyl (C=O) groups excluding carboxylic acids is 1. The van der Waals surface area contributed by atoms with Crippen molar-refractivity contribution in [3.05, 3.63) is 105 Å². The van der Waals surface area contributed by atoms with Crippen molar-refractivity contribution in [2.75, 3.05) is 6.54 Å². The molecule has 0 bridgehead atoms. The van der Waals surface area contributed by atoms with Crippen LogP contribution >= 0.6 is 11.6 Å². The first-order chi connectivity index (χ1) is 15.0. The lowest BCUT2D eigenvalue weighted by Gasteiger charge is -2.22. The normalized spacial score (nSPS) is 11.0. The van der Waals surface area contributed by atoms with Crippen LogP contribution in [0.3, 0.4) is 0 Å². The molecule has 0 radical (unpaired) electrons. The molecule has 1 aromatic heterocycles. The lowest BCUT2D eigenvalue weighted by atomic mass is 10.2. The summed E-state index contributed by atoms with van der Waals surface area (Å²) in [5.41, 5.74) is 2.89. The molecule has 3 aromatic rings. The van der Waals surface area contributed by atoms with E-state index in [9.17, 15) is 14.9 Å². The van der Waals surface area contributed by atoms with Crippen LogP contribution in [0.1, 0.15) is 30.2 Å². The molecule has 0 aliphatic heterocycles. The van der Waals surface area contributed by atoms with E-state index in [1.165, 1.54) is 18.2 Å².